The van der Waals surface area contributed by atoms with Crippen molar-refractivity contribution >= 4 is 34.9 Å². The summed E-state index contributed by atoms with van der Waals surface area (Å²) in [7, 11) is 0. The minimum absolute atomic E-state index is 0.308. The fraction of sp³-hybridized carbons (Fsp3) is 0.389. The van der Waals surface area contributed by atoms with Gasteiger partial charge in [-0.15, -0.1) is 11.3 Å². The topological polar surface area (TPSA) is 102 Å². The first-order chi connectivity index (χ1) is 12.7. The maximum atomic E-state index is 13.6. The number of nitrogens with two attached hydrogens (primary N) is 2. The predicted molar refractivity (Wildman–Crippen MR) is 102 cm³/mol. The van der Waals surface area contributed by atoms with Gasteiger partial charge in [-0.05, 0) is 43.5 Å². The molecule has 0 bridgehead atoms. The molecule has 1 fully saturated rings. The van der Waals surface area contributed by atoms with E-state index in [1.807, 2.05) is 6.92 Å². The summed E-state index contributed by atoms with van der Waals surface area (Å²) < 4.78 is 13.6. The average molecular weight is 411 g/mol. The lowest BCUT2D eigenvalue weighted by atomic mass is 9.89. The van der Waals surface area contributed by atoms with Crippen LogP contribution in [0.1, 0.15) is 40.0 Å². The number of hydrogen-bond donors (Lipinski definition) is 2. The monoisotopic (exact) mass is 410 g/mol. The van der Waals surface area contributed by atoms with Crippen LogP contribution < -0.4 is 11.5 Å². The van der Waals surface area contributed by atoms with Crippen molar-refractivity contribution in [3.05, 3.63) is 50.2 Å². The number of piperidine rings is 1. The first kappa shape index (κ1) is 19.6. The molecule has 3 rings (SSSR count). The number of likely N-dealkylation sites (tertiary alicyclic amines) is 1. The summed E-state index contributed by atoms with van der Waals surface area (Å²) in [5, 5.41) is 1.10. The smallest absolute Gasteiger partial charge is 0.315 e. The summed E-state index contributed by atoms with van der Waals surface area (Å²) in [4.78, 5) is 30.5. The van der Waals surface area contributed by atoms with Gasteiger partial charge in [0.1, 0.15) is 5.82 Å². The maximum Gasteiger partial charge on any atom is 0.315 e. The summed E-state index contributed by atoms with van der Waals surface area (Å²) in [6, 6.07) is 3.49. The third-order valence-corrected chi connectivity index (χ3v) is 6.22. The molecule has 3 amide bonds. The first-order valence-electron chi connectivity index (χ1n) is 8.51. The number of halogens is 2. The summed E-state index contributed by atoms with van der Waals surface area (Å²) in [5.74, 6) is -1.08. The summed E-state index contributed by atoms with van der Waals surface area (Å²) in [6.45, 7) is 2.22. The van der Waals surface area contributed by atoms with Crippen LogP contribution in [0, 0.1) is 18.7 Å². The molecular formula is C18H20ClFN4O2S. The predicted octanol–water partition coefficient (Wildman–Crippen LogP) is 3.15. The number of aryl methyl sites for hydroxylation is 1. The van der Waals surface area contributed by atoms with Crippen molar-refractivity contribution in [1.29, 1.82) is 0 Å². The third kappa shape index (κ3) is 4.39. The lowest BCUT2D eigenvalue weighted by Crippen LogP contribution is -2.46. The second kappa shape index (κ2) is 7.82. The fourth-order valence-electron chi connectivity index (χ4n) is 3.47. The van der Waals surface area contributed by atoms with Crippen LogP contribution in [0.2, 0.25) is 5.02 Å². The van der Waals surface area contributed by atoms with Crippen LogP contribution in [0.25, 0.3) is 0 Å². The van der Waals surface area contributed by atoms with Crippen LogP contribution in [0.4, 0.5) is 9.18 Å². The van der Waals surface area contributed by atoms with Crippen molar-refractivity contribution in [3.8, 4) is 0 Å². The molecule has 9 heteroatoms. The molecular weight excluding hydrogens is 391 g/mol. The Morgan fingerprint density at radius 3 is 2.74 bits per heavy atom. The molecule has 27 heavy (non-hydrogen) atoms. The van der Waals surface area contributed by atoms with Gasteiger partial charge < -0.3 is 16.4 Å². The number of thiazole rings is 1. The van der Waals surface area contributed by atoms with Gasteiger partial charge in [0.2, 0.25) is 5.91 Å². The van der Waals surface area contributed by atoms with Crippen LogP contribution >= 0.6 is 22.9 Å². The number of primary amides is 2. The molecule has 1 aromatic heterocycles. The second-order valence-electron chi connectivity index (χ2n) is 6.68. The highest BCUT2D eigenvalue weighted by Crippen LogP contribution is 2.38. The normalized spacial score (nSPS) is 19.9. The van der Waals surface area contributed by atoms with Crippen molar-refractivity contribution in [2.45, 2.75) is 32.2 Å². The minimum Gasteiger partial charge on any atom is -0.369 e. The van der Waals surface area contributed by atoms with E-state index in [2.05, 4.69) is 4.98 Å². The van der Waals surface area contributed by atoms with E-state index in [9.17, 15) is 14.0 Å². The van der Waals surface area contributed by atoms with Crippen molar-refractivity contribution < 1.29 is 14.0 Å². The highest BCUT2D eigenvalue weighted by Gasteiger charge is 2.36. The number of benzene rings is 1. The standard InChI is InChI=1S/C18H20ClFN4O2S/c1-9-16(14-7-11(17(21)25)2-3-24(14)18(22)26)27-15(23-9)6-10-4-12(19)8-13(20)5-10/h4-5,8,11,14H,2-3,6-7H2,1H3,(H2,21,25)(H2,22,26). The Kier molecular flexibility index (Phi) is 5.67. The second-order valence-corrected chi connectivity index (χ2v) is 8.23. The van der Waals surface area contributed by atoms with Crippen LogP contribution in [0.5, 0.6) is 0 Å². The SMILES string of the molecule is Cc1nc(Cc2cc(F)cc(Cl)c2)sc1C1CC(C(N)=O)CCN1C(N)=O. The zero-order valence-corrected chi connectivity index (χ0v) is 16.3. The number of rotatable bonds is 4. The molecule has 1 saturated heterocycles. The molecule has 1 aliphatic rings. The Labute approximate surface area is 165 Å². The maximum absolute atomic E-state index is 13.6. The van der Waals surface area contributed by atoms with E-state index in [-0.39, 0.29) is 17.9 Å². The number of aromatic nitrogens is 1. The van der Waals surface area contributed by atoms with Crippen LogP contribution in [-0.4, -0.2) is 28.4 Å². The van der Waals surface area contributed by atoms with E-state index >= 15 is 0 Å². The Bertz CT molecular complexity index is 868. The van der Waals surface area contributed by atoms with Gasteiger partial charge in [-0.2, -0.15) is 0 Å². The molecule has 0 aliphatic carbocycles. The zero-order chi connectivity index (χ0) is 19.7. The number of hydrogen-bond acceptors (Lipinski definition) is 4. The van der Waals surface area contributed by atoms with E-state index in [0.29, 0.717) is 36.4 Å². The number of nitrogens with zero attached hydrogens (tertiary/aromatic N) is 2. The number of urea groups is 1. The van der Waals surface area contributed by atoms with Crippen molar-refractivity contribution in [2.24, 2.45) is 17.4 Å². The van der Waals surface area contributed by atoms with E-state index < -0.39 is 11.8 Å². The molecule has 2 aromatic rings. The van der Waals surface area contributed by atoms with Crippen LogP contribution in [0.15, 0.2) is 18.2 Å². The van der Waals surface area contributed by atoms with Crippen LogP contribution in [0.3, 0.4) is 0 Å². The van der Waals surface area contributed by atoms with Gasteiger partial charge in [-0.25, -0.2) is 14.2 Å². The molecule has 144 valence electrons. The molecule has 0 spiro atoms. The Morgan fingerprint density at radius 2 is 2.11 bits per heavy atom. The van der Waals surface area contributed by atoms with Crippen molar-refractivity contribution in [3.63, 3.8) is 0 Å². The van der Waals surface area contributed by atoms with Gasteiger partial charge in [0.25, 0.3) is 0 Å². The van der Waals surface area contributed by atoms with E-state index in [4.69, 9.17) is 23.1 Å². The molecule has 2 unspecified atom stereocenters. The van der Waals surface area contributed by atoms with Gasteiger partial charge in [-0.1, -0.05) is 11.6 Å². The Hall–Kier alpha value is -2.19. The lowest BCUT2D eigenvalue weighted by Gasteiger charge is -2.37. The quantitative estimate of drug-likeness (QED) is 0.809. The number of carbonyl (C=O) groups is 2. The van der Waals surface area contributed by atoms with Gasteiger partial charge in [0.05, 0.1) is 21.6 Å². The Morgan fingerprint density at radius 1 is 1.37 bits per heavy atom. The number of amides is 3. The lowest BCUT2D eigenvalue weighted by molar-refractivity contribution is -0.123. The Balaban J connectivity index is 1.88. The van der Waals surface area contributed by atoms with Gasteiger partial charge in [-0.3, -0.25) is 4.79 Å². The van der Waals surface area contributed by atoms with Gasteiger partial charge in [0, 0.05) is 23.9 Å². The van der Waals surface area contributed by atoms with E-state index in [1.54, 1.807) is 11.0 Å². The molecule has 6 nitrogen and oxygen atoms in total. The summed E-state index contributed by atoms with van der Waals surface area (Å²) in [5.41, 5.74) is 12.5. The third-order valence-electron chi connectivity index (χ3n) is 4.75. The minimum atomic E-state index is -0.533. The van der Waals surface area contributed by atoms with Crippen molar-refractivity contribution in [2.75, 3.05) is 6.54 Å². The molecule has 0 radical (unpaired) electrons. The molecule has 1 aliphatic heterocycles. The molecule has 4 N–H and O–H groups in total. The van der Waals surface area contributed by atoms with Gasteiger partial charge >= 0.3 is 6.03 Å². The fourth-order valence-corrected chi connectivity index (χ4v) is 4.95. The highest BCUT2D eigenvalue weighted by atomic mass is 35.5. The van der Waals surface area contributed by atoms with Crippen LogP contribution in [-0.2, 0) is 11.2 Å². The van der Waals surface area contributed by atoms with Crippen molar-refractivity contribution in [1.82, 2.24) is 9.88 Å². The van der Waals surface area contributed by atoms with E-state index in [1.165, 1.54) is 23.5 Å². The highest BCUT2D eigenvalue weighted by molar-refractivity contribution is 7.11. The van der Waals surface area contributed by atoms with Gasteiger partial charge in [0.15, 0.2) is 0 Å². The number of carbonyl (C=O) groups excluding carboxylic acids is 2. The summed E-state index contributed by atoms with van der Waals surface area (Å²) >= 11 is 7.34. The molecule has 2 atom stereocenters. The molecule has 1 aromatic carbocycles. The van der Waals surface area contributed by atoms with E-state index in [0.717, 1.165) is 15.6 Å². The summed E-state index contributed by atoms with van der Waals surface area (Å²) in [6.07, 6.45) is 1.35. The zero-order valence-electron chi connectivity index (χ0n) is 14.7. The molecule has 2 heterocycles. The average Bonchev–Trinajstić information content (AvgIpc) is 2.93. The first-order valence-corrected chi connectivity index (χ1v) is 9.70. The molecule has 0 saturated carbocycles. The largest absolute Gasteiger partial charge is 0.369 e.